The number of nitrogens with zero attached hydrogens (tertiary/aromatic N) is 4. The number of aromatic nitrogens is 1. The van der Waals surface area contributed by atoms with Crippen LogP contribution in [0.3, 0.4) is 0 Å². The summed E-state index contributed by atoms with van der Waals surface area (Å²) in [5.41, 5.74) is 1.97. The SMILES string of the molecule is C=CN(C(=NC)c1cccc(NC(=O)c2cc3c(cc2OC)CCN(C(=O)OCC(F)(F)F)C3)n1)C(C)CO. The van der Waals surface area contributed by atoms with E-state index in [1.807, 2.05) is 0 Å². The summed E-state index contributed by atoms with van der Waals surface area (Å²) in [5.74, 6) is 0.402. The maximum absolute atomic E-state index is 13.3. The van der Waals surface area contributed by atoms with Crippen molar-refractivity contribution in [1.82, 2.24) is 14.8 Å². The topological polar surface area (TPSA) is 117 Å². The number of rotatable bonds is 8. The molecule has 1 aromatic heterocycles. The van der Waals surface area contributed by atoms with E-state index in [0.29, 0.717) is 29.3 Å². The Labute approximate surface area is 223 Å². The Morgan fingerprint density at radius 2 is 2.08 bits per heavy atom. The smallest absolute Gasteiger partial charge is 0.422 e. The molecule has 2 heterocycles. The van der Waals surface area contributed by atoms with Crippen molar-refractivity contribution in [2.75, 3.05) is 39.2 Å². The van der Waals surface area contributed by atoms with E-state index >= 15 is 0 Å². The van der Waals surface area contributed by atoms with Gasteiger partial charge in [-0.3, -0.25) is 9.79 Å². The molecule has 1 atom stereocenters. The molecule has 0 spiro atoms. The van der Waals surface area contributed by atoms with Gasteiger partial charge in [0.2, 0.25) is 0 Å². The first-order chi connectivity index (χ1) is 18.5. The average molecular weight is 550 g/mol. The fraction of sp³-hybridized carbons (Fsp3) is 0.385. The highest BCUT2D eigenvalue weighted by molar-refractivity contribution is 6.06. The van der Waals surface area contributed by atoms with Crippen LogP contribution in [-0.2, 0) is 17.7 Å². The Bertz CT molecular complexity index is 1250. The van der Waals surface area contributed by atoms with Crippen molar-refractivity contribution in [3.05, 3.63) is 65.5 Å². The summed E-state index contributed by atoms with van der Waals surface area (Å²) < 4.78 is 47.1. The second-order valence-corrected chi connectivity index (χ2v) is 8.69. The first-order valence-electron chi connectivity index (χ1n) is 12.0. The molecular weight excluding hydrogens is 519 g/mol. The van der Waals surface area contributed by atoms with Crippen molar-refractivity contribution in [2.45, 2.75) is 32.1 Å². The number of aliphatic imine (C=N–C) groups is 1. The number of ether oxygens (including phenoxy) is 2. The van der Waals surface area contributed by atoms with Crippen LogP contribution in [0.2, 0.25) is 0 Å². The summed E-state index contributed by atoms with van der Waals surface area (Å²) in [6.07, 6.45) is -3.84. The van der Waals surface area contributed by atoms with Gasteiger partial charge in [-0.15, -0.1) is 0 Å². The van der Waals surface area contributed by atoms with Gasteiger partial charge in [-0.2, -0.15) is 13.2 Å². The van der Waals surface area contributed by atoms with Crippen LogP contribution in [0.1, 0.15) is 34.1 Å². The van der Waals surface area contributed by atoms with Crippen LogP contribution in [0.5, 0.6) is 5.75 Å². The number of amidine groups is 1. The van der Waals surface area contributed by atoms with E-state index in [1.165, 1.54) is 19.4 Å². The Hall–Kier alpha value is -4.13. The molecule has 39 heavy (non-hydrogen) atoms. The van der Waals surface area contributed by atoms with E-state index < -0.39 is 24.8 Å². The molecule has 0 radical (unpaired) electrons. The number of alkyl halides is 3. The van der Waals surface area contributed by atoms with E-state index in [4.69, 9.17) is 4.74 Å². The highest BCUT2D eigenvalue weighted by atomic mass is 19.4. The lowest BCUT2D eigenvalue weighted by Crippen LogP contribution is -2.38. The fourth-order valence-electron chi connectivity index (χ4n) is 4.06. The average Bonchev–Trinajstić information content (AvgIpc) is 2.92. The lowest BCUT2D eigenvalue weighted by Gasteiger charge is -2.29. The number of nitrogens with one attached hydrogen (secondary N) is 1. The minimum Gasteiger partial charge on any atom is -0.496 e. The van der Waals surface area contributed by atoms with Gasteiger partial charge < -0.3 is 29.7 Å². The monoisotopic (exact) mass is 549 g/mol. The van der Waals surface area contributed by atoms with E-state index in [-0.39, 0.29) is 37.1 Å². The molecule has 10 nitrogen and oxygen atoms in total. The third kappa shape index (κ3) is 7.25. The van der Waals surface area contributed by atoms with Gasteiger partial charge in [0.1, 0.15) is 17.3 Å². The van der Waals surface area contributed by atoms with Crippen molar-refractivity contribution in [3.8, 4) is 5.75 Å². The van der Waals surface area contributed by atoms with E-state index in [2.05, 4.69) is 26.6 Å². The molecular formula is C26H30F3N5O5. The first kappa shape index (κ1) is 29.4. The van der Waals surface area contributed by atoms with Gasteiger partial charge in [0.15, 0.2) is 12.4 Å². The van der Waals surface area contributed by atoms with E-state index in [1.54, 1.807) is 43.1 Å². The Morgan fingerprint density at radius 1 is 1.33 bits per heavy atom. The maximum atomic E-state index is 13.3. The van der Waals surface area contributed by atoms with Gasteiger partial charge in [-0.25, -0.2) is 9.78 Å². The number of carbonyl (C=O) groups excluding carboxylic acids is 2. The number of carbonyl (C=O) groups is 2. The van der Waals surface area contributed by atoms with Crippen molar-refractivity contribution in [1.29, 1.82) is 0 Å². The second-order valence-electron chi connectivity index (χ2n) is 8.69. The van der Waals surface area contributed by atoms with E-state index in [9.17, 15) is 27.9 Å². The van der Waals surface area contributed by atoms with Crippen LogP contribution < -0.4 is 10.1 Å². The lowest BCUT2D eigenvalue weighted by molar-refractivity contribution is -0.162. The van der Waals surface area contributed by atoms with Crippen molar-refractivity contribution < 1.29 is 37.3 Å². The predicted octanol–water partition coefficient (Wildman–Crippen LogP) is 3.60. The molecule has 0 saturated heterocycles. The maximum Gasteiger partial charge on any atom is 0.422 e. The zero-order chi connectivity index (χ0) is 28.7. The molecule has 1 aromatic carbocycles. The number of fused-ring (bicyclic) bond motifs is 1. The highest BCUT2D eigenvalue weighted by Crippen LogP contribution is 2.29. The number of hydrogen-bond donors (Lipinski definition) is 2. The molecule has 0 bridgehead atoms. The molecule has 2 N–H and O–H groups in total. The number of amides is 2. The van der Waals surface area contributed by atoms with Crippen LogP contribution in [0.25, 0.3) is 0 Å². The Kier molecular flexibility index (Phi) is 9.51. The van der Waals surface area contributed by atoms with Crippen LogP contribution in [0.4, 0.5) is 23.8 Å². The third-order valence-corrected chi connectivity index (χ3v) is 6.01. The zero-order valence-corrected chi connectivity index (χ0v) is 21.8. The van der Waals surface area contributed by atoms with Crippen molar-refractivity contribution in [3.63, 3.8) is 0 Å². The van der Waals surface area contributed by atoms with Crippen molar-refractivity contribution in [2.24, 2.45) is 4.99 Å². The minimum absolute atomic E-state index is 0.0270. The number of pyridine rings is 1. The van der Waals surface area contributed by atoms with Crippen LogP contribution in [0, 0.1) is 0 Å². The van der Waals surface area contributed by atoms with Gasteiger partial charge in [-0.1, -0.05) is 12.6 Å². The molecule has 0 aliphatic carbocycles. The minimum atomic E-state index is -4.63. The summed E-state index contributed by atoms with van der Waals surface area (Å²) in [6.45, 7) is 3.87. The fourth-order valence-corrected chi connectivity index (χ4v) is 4.06. The summed E-state index contributed by atoms with van der Waals surface area (Å²) in [4.78, 5) is 36.9. The normalized spacial score (nSPS) is 14.2. The molecule has 1 aliphatic rings. The van der Waals surface area contributed by atoms with Crippen molar-refractivity contribution >= 4 is 23.7 Å². The molecule has 0 saturated carbocycles. The number of halogens is 3. The number of anilines is 1. The van der Waals surface area contributed by atoms with Gasteiger partial charge >= 0.3 is 12.3 Å². The molecule has 13 heteroatoms. The molecule has 1 aliphatic heterocycles. The highest BCUT2D eigenvalue weighted by Gasteiger charge is 2.32. The number of methoxy groups -OCH3 is 1. The van der Waals surface area contributed by atoms with Gasteiger partial charge in [0.05, 0.1) is 25.3 Å². The number of hydrogen-bond acceptors (Lipinski definition) is 7. The quantitative estimate of drug-likeness (QED) is 0.382. The standard InChI is InChI=1S/C26H30F3N5O5/c1-5-34(16(2)14-35)23(30-3)20-7-6-8-22(31-20)32-24(36)19-11-18-13-33(25(37)39-15-26(27,28)29)10-9-17(18)12-21(19)38-4/h5-8,11-12,16,35H,1,9-10,13-15H2,2-4H3,(H,31,32,36). The predicted molar refractivity (Wildman–Crippen MR) is 138 cm³/mol. The lowest BCUT2D eigenvalue weighted by atomic mass is 9.96. The number of aliphatic hydroxyl groups is 1. The molecule has 210 valence electrons. The number of benzene rings is 1. The molecule has 0 fully saturated rings. The molecule has 2 aromatic rings. The van der Waals surface area contributed by atoms with E-state index in [0.717, 1.165) is 10.5 Å². The van der Waals surface area contributed by atoms with Gasteiger partial charge in [0, 0.05) is 20.1 Å². The van der Waals surface area contributed by atoms with Crippen LogP contribution in [0.15, 0.2) is 48.1 Å². The summed E-state index contributed by atoms with van der Waals surface area (Å²) in [5, 5.41) is 12.3. The first-order valence-corrected chi connectivity index (χ1v) is 12.0. The summed E-state index contributed by atoms with van der Waals surface area (Å²) in [7, 11) is 2.99. The second kappa shape index (κ2) is 12.6. The molecule has 1 unspecified atom stereocenters. The van der Waals surface area contributed by atoms with Crippen LogP contribution in [-0.4, -0.2) is 83.9 Å². The van der Waals surface area contributed by atoms with Gasteiger partial charge in [0.25, 0.3) is 5.91 Å². The molecule has 2 amide bonds. The Balaban J connectivity index is 1.82. The van der Waals surface area contributed by atoms with Gasteiger partial charge in [-0.05, 0) is 54.9 Å². The largest absolute Gasteiger partial charge is 0.496 e. The summed E-state index contributed by atoms with van der Waals surface area (Å²) in [6, 6.07) is 7.87. The van der Waals surface area contributed by atoms with Crippen LogP contribution >= 0.6 is 0 Å². The zero-order valence-electron chi connectivity index (χ0n) is 21.8. The third-order valence-electron chi connectivity index (χ3n) is 6.01. The Morgan fingerprint density at radius 3 is 2.69 bits per heavy atom. The number of aliphatic hydroxyl groups excluding tert-OH is 1. The molecule has 3 rings (SSSR count). The summed E-state index contributed by atoms with van der Waals surface area (Å²) >= 11 is 0.